The van der Waals surface area contributed by atoms with Crippen molar-refractivity contribution >= 4 is 27.5 Å². The van der Waals surface area contributed by atoms with Gasteiger partial charge in [0.15, 0.2) is 0 Å². The maximum atomic E-state index is 12.9. The molecule has 0 bridgehead atoms. The molecule has 2 aliphatic rings. The Bertz CT molecular complexity index is 754. The number of hydrogen-bond acceptors (Lipinski definition) is 4. The Hall–Kier alpha value is -1.31. The van der Waals surface area contributed by atoms with E-state index in [1.165, 1.54) is 16.4 Å². The molecule has 2 aliphatic heterocycles. The summed E-state index contributed by atoms with van der Waals surface area (Å²) in [6.45, 7) is 4.69. The van der Waals surface area contributed by atoms with Crippen molar-refractivity contribution in [2.75, 3.05) is 32.8 Å². The SMILES string of the molecule is CCOc1ccc(S(=O)(=O)N2CCC(C(=O)N3CCCC3)CC2)cc1Cl. The third-order valence-electron chi connectivity index (χ3n) is 5.06. The van der Waals surface area contributed by atoms with Crippen molar-refractivity contribution in [2.24, 2.45) is 5.92 Å². The van der Waals surface area contributed by atoms with Crippen LogP contribution in [-0.4, -0.2) is 56.3 Å². The molecule has 1 aromatic carbocycles. The molecule has 0 unspecified atom stereocenters. The fourth-order valence-electron chi connectivity index (χ4n) is 3.60. The van der Waals surface area contributed by atoms with Crippen molar-refractivity contribution in [1.82, 2.24) is 9.21 Å². The van der Waals surface area contributed by atoms with Crippen molar-refractivity contribution in [3.8, 4) is 5.75 Å². The summed E-state index contributed by atoms with van der Waals surface area (Å²) < 4.78 is 32.6. The van der Waals surface area contributed by atoms with Gasteiger partial charge in [0.05, 0.1) is 16.5 Å². The first kappa shape index (κ1) is 19.5. The van der Waals surface area contributed by atoms with E-state index in [1.807, 2.05) is 11.8 Å². The van der Waals surface area contributed by atoms with Gasteiger partial charge in [-0.2, -0.15) is 4.31 Å². The van der Waals surface area contributed by atoms with Crippen LogP contribution in [0.25, 0.3) is 0 Å². The number of carbonyl (C=O) groups is 1. The Morgan fingerprint density at radius 1 is 1.19 bits per heavy atom. The molecular formula is C18H25ClN2O4S. The topological polar surface area (TPSA) is 66.9 Å². The smallest absolute Gasteiger partial charge is 0.243 e. The number of halogens is 1. The Labute approximate surface area is 160 Å². The van der Waals surface area contributed by atoms with Crippen LogP contribution in [0.4, 0.5) is 0 Å². The molecule has 0 aromatic heterocycles. The lowest BCUT2D eigenvalue weighted by Crippen LogP contribution is -2.43. The van der Waals surface area contributed by atoms with Crippen LogP contribution < -0.4 is 4.74 Å². The predicted octanol–water partition coefficient (Wildman–Crippen LogP) is 2.76. The van der Waals surface area contributed by atoms with Crippen LogP contribution in [0.3, 0.4) is 0 Å². The predicted molar refractivity (Wildman–Crippen MR) is 99.9 cm³/mol. The van der Waals surface area contributed by atoms with Gasteiger partial charge in [0.2, 0.25) is 15.9 Å². The average molecular weight is 401 g/mol. The summed E-state index contributed by atoms with van der Waals surface area (Å²) in [5.41, 5.74) is 0. The molecule has 0 spiro atoms. The van der Waals surface area contributed by atoms with Crippen molar-refractivity contribution in [2.45, 2.75) is 37.5 Å². The number of benzene rings is 1. The minimum atomic E-state index is -3.62. The second-order valence-electron chi connectivity index (χ2n) is 6.74. The van der Waals surface area contributed by atoms with E-state index < -0.39 is 10.0 Å². The lowest BCUT2D eigenvalue weighted by Gasteiger charge is -2.32. The van der Waals surface area contributed by atoms with Gasteiger partial charge in [0.25, 0.3) is 0 Å². The van der Waals surface area contributed by atoms with Crippen molar-refractivity contribution < 1.29 is 17.9 Å². The summed E-state index contributed by atoms with van der Waals surface area (Å²) in [4.78, 5) is 14.6. The van der Waals surface area contributed by atoms with Gasteiger partial charge in [0, 0.05) is 32.1 Å². The Balaban J connectivity index is 1.66. The number of nitrogens with zero attached hydrogens (tertiary/aromatic N) is 2. The summed E-state index contributed by atoms with van der Waals surface area (Å²) in [6, 6.07) is 4.54. The molecule has 2 fully saturated rings. The normalized spacial score (nSPS) is 19.7. The van der Waals surface area contributed by atoms with Gasteiger partial charge in [-0.15, -0.1) is 0 Å². The summed E-state index contributed by atoms with van der Waals surface area (Å²) in [5.74, 6) is 0.593. The van der Waals surface area contributed by atoms with Gasteiger partial charge >= 0.3 is 0 Å². The van der Waals surface area contributed by atoms with Crippen molar-refractivity contribution in [3.63, 3.8) is 0 Å². The number of rotatable bonds is 5. The van der Waals surface area contributed by atoms with Gasteiger partial charge in [-0.25, -0.2) is 8.42 Å². The first-order valence-corrected chi connectivity index (χ1v) is 11.0. The lowest BCUT2D eigenvalue weighted by molar-refractivity contribution is -0.135. The minimum Gasteiger partial charge on any atom is -0.492 e. The Morgan fingerprint density at radius 3 is 2.42 bits per heavy atom. The third-order valence-corrected chi connectivity index (χ3v) is 7.25. The second-order valence-corrected chi connectivity index (χ2v) is 9.08. The number of piperidine rings is 1. The first-order chi connectivity index (χ1) is 12.4. The van der Waals surface area contributed by atoms with E-state index in [0.29, 0.717) is 38.3 Å². The molecule has 6 nitrogen and oxygen atoms in total. The number of sulfonamides is 1. The molecular weight excluding hydrogens is 376 g/mol. The molecule has 2 heterocycles. The van der Waals surface area contributed by atoms with E-state index in [0.717, 1.165) is 25.9 Å². The van der Waals surface area contributed by atoms with Gasteiger partial charge in [0.1, 0.15) is 5.75 Å². The van der Waals surface area contributed by atoms with Gasteiger partial charge in [-0.1, -0.05) is 11.6 Å². The molecule has 2 saturated heterocycles. The quantitative estimate of drug-likeness (QED) is 0.762. The summed E-state index contributed by atoms with van der Waals surface area (Å²) >= 11 is 6.13. The molecule has 26 heavy (non-hydrogen) atoms. The van der Waals surface area contributed by atoms with Crippen LogP contribution in [0.15, 0.2) is 23.1 Å². The highest BCUT2D eigenvalue weighted by molar-refractivity contribution is 7.89. The number of amides is 1. The van der Waals surface area contributed by atoms with E-state index in [2.05, 4.69) is 0 Å². The Kier molecular flexibility index (Phi) is 6.10. The monoisotopic (exact) mass is 400 g/mol. The van der Waals surface area contributed by atoms with Gasteiger partial charge in [-0.3, -0.25) is 4.79 Å². The lowest BCUT2D eigenvalue weighted by atomic mass is 9.97. The standard InChI is InChI=1S/C18H25ClN2O4S/c1-2-25-17-6-5-15(13-16(17)19)26(23,24)21-11-7-14(8-12-21)18(22)20-9-3-4-10-20/h5-6,13-14H,2-4,7-12H2,1H3. The van der Waals surface area contributed by atoms with Crippen LogP contribution in [0, 0.1) is 5.92 Å². The van der Waals surface area contributed by atoms with Crippen LogP contribution in [0.2, 0.25) is 5.02 Å². The van der Waals surface area contributed by atoms with Gasteiger partial charge in [-0.05, 0) is 50.8 Å². The molecule has 1 aromatic rings. The van der Waals surface area contributed by atoms with E-state index in [-0.39, 0.29) is 21.7 Å². The molecule has 1 amide bonds. The van der Waals surface area contributed by atoms with E-state index in [1.54, 1.807) is 6.07 Å². The van der Waals surface area contributed by atoms with Crippen LogP contribution >= 0.6 is 11.6 Å². The molecule has 144 valence electrons. The van der Waals surface area contributed by atoms with Crippen molar-refractivity contribution in [1.29, 1.82) is 0 Å². The zero-order valence-electron chi connectivity index (χ0n) is 15.0. The zero-order chi connectivity index (χ0) is 18.7. The summed E-state index contributed by atoms with van der Waals surface area (Å²) in [7, 11) is -3.62. The average Bonchev–Trinajstić information content (AvgIpc) is 3.17. The van der Waals surface area contributed by atoms with Crippen LogP contribution in [0.5, 0.6) is 5.75 Å². The van der Waals surface area contributed by atoms with E-state index in [9.17, 15) is 13.2 Å². The molecule has 0 aliphatic carbocycles. The maximum Gasteiger partial charge on any atom is 0.243 e. The largest absolute Gasteiger partial charge is 0.492 e. The highest BCUT2D eigenvalue weighted by atomic mass is 35.5. The maximum absolute atomic E-state index is 12.9. The molecule has 0 radical (unpaired) electrons. The minimum absolute atomic E-state index is 0.0662. The molecule has 8 heteroatoms. The fourth-order valence-corrected chi connectivity index (χ4v) is 5.40. The highest BCUT2D eigenvalue weighted by Gasteiger charge is 2.34. The highest BCUT2D eigenvalue weighted by Crippen LogP contribution is 2.31. The third kappa shape index (κ3) is 4.00. The number of hydrogen-bond donors (Lipinski definition) is 0. The van der Waals surface area contributed by atoms with Crippen LogP contribution in [-0.2, 0) is 14.8 Å². The number of likely N-dealkylation sites (tertiary alicyclic amines) is 1. The molecule has 0 N–H and O–H groups in total. The van der Waals surface area contributed by atoms with E-state index >= 15 is 0 Å². The number of carbonyl (C=O) groups excluding carboxylic acids is 1. The van der Waals surface area contributed by atoms with Crippen molar-refractivity contribution in [3.05, 3.63) is 23.2 Å². The fraction of sp³-hybridized carbons (Fsp3) is 0.611. The Morgan fingerprint density at radius 2 is 1.85 bits per heavy atom. The molecule has 0 saturated carbocycles. The summed E-state index contributed by atoms with van der Waals surface area (Å²) in [5, 5.41) is 0.284. The molecule has 0 atom stereocenters. The van der Waals surface area contributed by atoms with E-state index in [4.69, 9.17) is 16.3 Å². The van der Waals surface area contributed by atoms with Crippen LogP contribution in [0.1, 0.15) is 32.6 Å². The first-order valence-electron chi connectivity index (χ1n) is 9.14. The zero-order valence-corrected chi connectivity index (χ0v) is 16.6. The van der Waals surface area contributed by atoms with Gasteiger partial charge < -0.3 is 9.64 Å². The summed E-state index contributed by atoms with van der Waals surface area (Å²) in [6.07, 6.45) is 3.27. The number of ether oxygens (including phenoxy) is 1. The molecule has 3 rings (SSSR count). The second kappa shape index (κ2) is 8.15.